The van der Waals surface area contributed by atoms with Gasteiger partial charge in [-0.1, -0.05) is 30.7 Å². The number of nitrogens with zero attached hydrogens (tertiary/aromatic N) is 1. The summed E-state index contributed by atoms with van der Waals surface area (Å²) in [5, 5.41) is 15.8. The van der Waals surface area contributed by atoms with Crippen molar-refractivity contribution in [3.8, 4) is 0 Å². The van der Waals surface area contributed by atoms with Crippen LogP contribution in [0.2, 0.25) is 5.02 Å². The van der Waals surface area contributed by atoms with E-state index in [9.17, 15) is 19.5 Å². The Morgan fingerprint density at radius 1 is 1.34 bits per heavy atom. The number of rotatable bonds is 8. The number of hydrogen-bond donors (Lipinski definition) is 3. The summed E-state index contributed by atoms with van der Waals surface area (Å²) in [6.07, 6.45) is 2.72. The maximum atomic E-state index is 13.7. The zero-order chi connectivity index (χ0) is 23.0. The second-order valence-electron chi connectivity index (χ2n) is 8.88. The van der Waals surface area contributed by atoms with E-state index >= 15 is 0 Å². The number of aliphatic hydroxyl groups is 1. The van der Waals surface area contributed by atoms with E-state index in [1.54, 1.807) is 22.7 Å². The average Bonchev–Trinajstić information content (AvgIpc) is 3.40. The lowest BCUT2D eigenvalue weighted by Crippen LogP contribution is -2.52. The molecule has 0 saturated carbocycles. The van der Waals surface area contributed by atoms with Crippen molar-refractivity contribution in [2.24, 2.45) is 11.8 Å². The number of anilines is 1. The number of fused-ring (bicyclic) bond motifs is 1. The Bertz CT molecular complexity index is 908. The van der Waals surface area contributed by atoms with E-state index in [2.05, 4.69) is 10.6 Å². The maximum Gasteiger partial charge on any atom is 0.248 e. The quantitative estimate of drug-likeness (QED) is 0.532. The van der Waals surface area contributed by atoms with Gasteiger partial charge in [-0.3, -0.25) is 14.4 Å². The van der Waals surface area contributed by atoms with Crippen LogP contribution >= 0.6 is 23.4 Å². The van der Waals surface area contributed by atoms with Crippen LogP contribution in [0.15, 0.2) is 18.2 Å². The Balaban J connectivity index is 1.68. The molecule has 0 aliphatic carbocycles. The van der Waals surface area contributed by atoms with Crippen molar-refractivity contribution in [2.75, 3.05) is 25.0 Å². The average molecular weight is 480 g/mol. The van der Waals surface area contributed by atoms with E-state index in [0.717, 1.165) is 18.4 Å². The highest BCUT2D eigenvalue weighted by Crippen LogP contribution is 2.66. The first kappa shape index (κ1) is 23.4. The molecule has 2 bridgehead atoms. The molecule has 3 heterocycles. The van der Waals surface area contributed by atoms with E-state index in [0.29, 0.717) is 30.1 Å². The summed E-state index contributed by atoms with van der Waals surface area (Å²) in [6, 6.07) is 4.71. The third-order valence-corrected chi connectivity index (χ3v) is 9.19. The fourth-order valence-corrected chi connectivity index (χ4v) is 8.07. The SMILES string of the molecule is CCCNC(=O)[C@@H]1[C@@H]2CCC3(S2)C(C(=O)Nc2c(C)cccc2Cl)N(CCCO)C(=O)[C@H]13. The number of carbonyl (C=O) groups is 3. The van der Waals surface area contributed by atoms with Crippen molar-refractivity contribution < 1.29 is 19.5 Å². The van der Waals surface area contributed by atoms with Gasteiger partial charge < -0.3 is 20.6 Å². The number of benzene rings is 1. The summed E-state index contributed by atoms with van der Waals surface area (Å²) in [5.74, 6) is -1.47. The van der Waals surface area contributed by atoms with Gasteiger partial charge in [-0.2, -0.15) is 0 Å². The van der Waals surface area contributed by atoms with Gasteiger partial charge in [0.1, 0.15) is 6.04 Å². The van der Waals surface area contributed by atoms with Gasteiger partial charge in [0.2, 0.25) is 17.7 Å². The maximum absolute atomic E-state index is 13.7. The molecule has 174 valence electrons. The van der Waals surface area contributed by atoms with Crippen molar-refractivity contribution in [1.82, 2.24) is 10.2 Å². The molecule has 1 aromatic carbocycles. The van der Waals surface area contributed by atoms with Crippen molar-refractivity contribution in [2.45, 2.75) is 55.6 Å². The fourth-order valence-electron chi connectivity index (χ4n) is 5.58. The van der Waals surface area contributed by atoms with Crippen molar-refractivity contribution in [1.29, 1.82) is 0 Å². The van der Waals surface area contributed by atoms with Crippen LogP contribution in [0, 0.1) is 18.8 Å². The molecule has 1 aromatic rings. The third-order valence-electron chi connectivity index (χ3n) is 6.93. The van der Waals surface area contributed by atoms with Gasteiger partial charge in [0, 0.05) is 24.9 Å². The van der Waals surface area contributed by atoms with E-state index in [4.69, 9.17) is 11.6 Å². The first-order valence-corrected chi connectivity index (χ1v) is 12.5. The van der Waals surface area contributed by atoms with Crippen LogP contribution in [0.4, 0.5) is 5.69 Å². The number of likely N-dealkylation sites (tertiary alicyclic amines) is 1. The predicted octanol–water partition coefficient (Wildman–Crippen LogP) is 2.59. The molecular weight excluding hydrogens is 450 g/mol. The number of aryl methyl sites for hydroxylation is 1. The molecule has 7 nitrogen and oxygen atoms in total. The number of aliphatic hydroxyl groups excluding tert-OH is 1. The van der Waals surface area contributed by atoms with Crippen LogP contribution in [0.5, 0.6) is 0 Å². The van der Waals surface area contributed by atoms with Gasteiger partial charge >= 0.3 is 0 Å². The summed E-state index contributed by atoms with van der Waals surface area (Å²) in [5.41, 5.74) is 1.38. The summed E-state index contributed by atoms with van der Waals surface area (Å²) in [6.45, 7) is 4.64. The molecular formula is C23H30ClN3O4S. The van der Waals surface area contributed by atoms with Gasteiger partial charge in [-0.25, -0.2) is 0 Å². The molecule has 9 heteroatoms. The third kappa shape index (κ3) is 3.70. The minimum Gasteiger partial charge on any atom is -0.396 e. The van der Waals surface area contributed by atoms with Crippen LogP contribution in [0.1, 0.15) is 38.2 Å². The minimum absolute atomic E-state index is 0.0400. The predicted molar refractivity (Wildman–Crippen MR) is 126 cm³/mol. The molecule has 4 rings (SSSR count). The summed E-state index contributed by atoms with van der Waals surface area (Å²) < 4.78 is -0.634. The van der Waals surface area contributed by atoms with Gasteiger partial charge in [0.25, 0.3) is 0 Å². The van der Waals surface area contributed by atoms with E-state index in [1.807, 2.05) is 26.0 Å². The summed E-state index contributed by atoms with van der Waals surface area (Å²) >= 11 is 7.98. The monoisotopic (exact) mass is 479 g/mol. The van der Waals surface area contributed by atoms with Crippen LogP contribution < -0.4 is 10.6 Å². The van der Waals surface area contributed by atoms with E-state index in [-0.39, 0.29) is 36.1 Å². The molecule has 3 fully saturated rings. The van der Waals surface area contributed by atoms with Crippen LogP contribution in [0.3, 0.4) is 0 Å². The molecule has 32 heavy (non-hydrogen) atoms. The van der Waals surface area contributed by atoms with Crippen LogP contribution in [-0.2, 0) is 14.4 Å². The largest absolute Gasteiger partial charge is 0.396 e. The molecule has 3 amide bonds. The van der Waals surface area contributed by atoms with E-state index < -0.39 is 22.6 Å². The first-order chi connectivity index (χ1) is 15.4. The first-order valence-electron chi connectivity index (χ1n) is 11.3. The Morgan fingerprint density at radius 2 is 2.12 bits per heavy atom. The topological polar surface area (TPSA) is 98.7 Å². The van der Waals surface area contributed by atoms with Crippen molar-refractivity contribution in [3.05, 3.63) is 28.8 Å². The lowest BCUT2D eigenvalue weighted by molar-refractivity contribution is -0.139. The number of hydrogen-bond acceptors (Lipinski definition) is 5. The number of nitrogens with one attached hydrogen (secondary N) is 2. The molecule has 5 atom stereocenters. The van der Waals surface area contributed by atoms with Gasteiger partial charge in [0.05, 0.1) is 27.3 Å². The van der Waals surface area contributed by atoms with Crippen LogP contribution in [-0.4, -0.2) is 63.5 Å². The van der Waals surface area contributed by atoms with Crippen molar-refractivity contribution in [3.63, 3.8) is 0 Å². The summed E-state index contributed by atoms with van der Waals surface area (Å²) in [7, 11) is 0. The highest BCUT2D eigenvalue weighted by molar-refractivity contribution is 8.02. The molecule has 3 N–H and O–H groups in total. The highest BCUT2D eigenvalue weighted by Gasteiger charge is 2.73. The Hall–Kier alpha value is -1.77. The Labute approximate surface area is 197 Å². The molecule has 1 spiro atoms. The highest BCUT2D eigenvalue weighted by atomic mass is 35.5. The van der Waals surface area contributed by atoms with Gasteiger partial charge in [-0.15, -0.1) is 11.8 Å². The molecule has 3 saturated heterocycles. The zero-order valence-corrected chi connectivity index (χ0v) is 20.0. The van der Waals surface area contributed by atoms with Gasteiger partial charge in [-0.05, 0) is 44.2 Å². The van der Waals surface area contributed by atoms with Crippen molar-refractivity contribution >= 4 is 46.8 Å². The van der Waals surface area contributed by atoms with Crippen LogP contribution in [0.25, 0.3) is 0 Å². The van der Waals surface area contributed by atoms with Gasteiger partial charge in [0.15, 0.2) is 0 Å². The second-order valence-corrected chi connectivity index (χ2v) is 10.9. The Morgan fingerprint density at radius 3 is 2.81 bits per heavy atom. The normalized spacial score (nSPS) is 30.5. The molecule has 0 radical (unpaired) electrons. The lowest BCUT2D eigenvalue weighted by Gasteiger charge is -2.34. The number of thioether (sulfide) groups is 1. The number of carbonyl (C=O) groups excluding carboxylic acids is 3. The minimum atomic E-state index is -0.707. The Kier molecular flexibility index (Phi) is 6.75. The lowest BCUT2D eigenvalue weighted by atomic mass is 9.70. The molecule has 2 unspecified atom stereocenters. The standard InChI is InChI=1S/C23H30ClN3O4S/c1-3-10-25-20(29)16-15-8-9-23(32-15)17(16)22(31)27(11-5-12-28)19(23)21(30)26-18-13(2)6-4-7-14(18)24/h4,6-7,15-17,19,28H,3,5,8-12H2,1-2H3,(H,25,29)(H,26,30)/t15-,16+,17-,19?,23?/m0/s1. The zero-order valence-electron chi connectivity index (χ0n) is 18.4. The van der Waals surface area contributed by atoms with E-state index in [1.165, 1.54) is 0 Å². The summed E-state index contributed by atoms with van der Waals surface area (Å²) in [4.78, 5) is 41.9. The number of para-hydroxylation sites is 1. The molecule has 0 aromatic heterocycles. The molecule has 3 aliphatic rings. The number of halogens is 1. The second kappa shape index (κ2) is 9.23. The molecule has 3 aliphatic heterocycles. The fraction of sp³-hybridized carbons (Fsp3) is 0.609. The number of amides is 3. The smallest absolute Gasteiger partial charge is 0.248 e.